The number of ether oxygens (including phenoxy) is 4. The van der Waals surface area contributed by atoms with Gasteiger partial charge in [-0.3, -0.25) is 0 Å². The van der Waals surface area contributed by atoms with Gasteiger partial charge in [0.2, 0.25) is 0 Å². The zero-order valence-electron chi connectivity index (χ0n) is 20.5. The molecule has 0 saturated carbocycles. The molecule has 0 aliphatic carbocycles. The minimum absolute atomic E-state index is 0.0979. The lowest BCUT2D eigenvalue weighted by Gasteiger charge is -2.23. The van der Waals surface area contributed by atoms with E-state index in [1.807, 2.05) is 60.7 Å². The normalized spacial score (nSPS) is 15.8. The molecular formula is C28H34N2O5. The van der Waals surface area contributed by atoms with Crippen LogP contribution in [0.2, 0.25) is 0 Å². The van der Waals surface area contributed by atoms with Gasteiger partial charge in [0.1, 0.15) is 19.8 Å². The van der Waals surface area contributed by atoms with Gasteiger partial charge in [0.25, 0.3) is 11.6 Å². The predicted octanol–water partition coefficient (Wildman–Crippen LogP) is 5.11. The zero-order valence-corrected chi connectivity index (χ0v) is 20.5. The number of benzene rings is 2. The minimum atomic E-state index is -0.309. The van der Waals surface area contributed by atoms with Crippen molar-refractivity contribution in [3.05, 3.63) is 88.4 Å². The number of rotatable bonds is 11. The third-order valence-electron chi connectivity index (χ3n) is 5.74. The molecule has 1 aromatic heterocycles. The van der Waals surface area contributed by atoms with E-state index in [1.54, 1.807) is 0 Å². The lowest BCUT2D eigenvalue weighted by Crippen LogP contribution is -2.38. The van der Waals surface area contributed by atoms with Gasteiger partial charge in [-0.25, -0.2) is 0 Å². The third-order valence-corrected chi connectivity index (χ3v) is 5.74. The van der Waals surface area contributed by atoms with Crippen molar-refractivity contribution in [3.63, 3.8) is 0 Å². The summed E-state index contributed by atoms with van der Waals surface area (Å²) in [6, 6.07) is 19.6. The molecule has 186 valence electrons. The highest BCUT2D eigenvalue weighted by molar-refractivity contribution is 5.25. The zero-order chi connectivity index (χ0) is 24.5. The summed E-state index contributed by atoms with van der Waals surface area (Å²) >= 11 is 0. The quantitative estimate of drug-likeness (QED) is 0.281. The average Bonchev–Trinajstić information content (AvgIpc) is 2.89. The van der Waals surface area contributed by atoms with Crippen molar-refractivity contribution in [2.45, 2.75) is 65.6 Å². The van der Waals surface area contributed by atoms with E-state index in [-0.39, 0.29) is 31.3 Å². The van der Waals surface area contributed by atoms with Crippen molar-refractivity contribution in [2.24, 2.45) is 5.92 Å². The predicted molar refractivity (Wildman–Crippen MR) is 132 cm³/mol. The molecule has 1 unspecified atom stereocenters. The molecule has 2 aromatic carbocycles. The van der Waals surface area contributed by atoms with Crippen LogP contribution in [0.4, 0.5) is 0 Å². The molecule has 0 radical (unpaired) electrons. The van der Waals surface area contributed by atoms with Crippen LogP contribution in [0.5, 0.6) is 11.8 Å². The van der Waals surface area contributed by atoms with Crippen LogP contribution in [0, 0.1) is 11.1 Å². The van der Waals surface area contributed by atoms with Gasteiger partial charge in [-0.1, -0.05) is 74.5 Å². The molecule has 0 spiro atoms. The van der Waals surface area contributed by atoms with Crippen LogP contribution in [0.15, 0.2) is 60.7 Å². The Balaban J connectivity index is 1.63. The highest BCUT2D eigenvalue weighted by atomic mass is 16.7. The second-order valence-electron chi connectivity index (χ2n) is 9.16. The first-order valence-electron chi connectivity index (χ1n) is 12.3. The largest absolute Gasteiger partial charge is 0.616 e. The Morgan fingerprint density at radius 1 is 0.943 bits per heavy atom. The summed E-state index contributed by atoms with van der Waals surface area (Å²) in [4.78, 5) is 4.75. The molecule has 0 bridgehead atoms. The van der Waals surface area contributed by atoms with Gasteiger partial charge >= 0.3 is 5.88 Å². The molecule has 1 atom stereocenters. The van der Waals surface area contributed by atoms with Crippen LogP contribution in [0.3, 0.4) is 0 Å². The lowest BCUT2D eigenvalue weighted by molar-refractivity contribution is -0.623. The third kappa shape index (κ3) is 7.16. The van der Waals surface area contributed by atoms with E-state index in [0.717, 1.165) is 35.1 Å². The van der Waals surface area contributed by atoms with E-state index >= 15 is 0 Å². The van der Waals surface area contributed by atoms with Crippen molar-refractivity contribution in [1.82, 2.24) is 4.98 Å². The van der Waals surface area contributed by atoms with Gasteiger partial charge in [-0.05, 0) is 36.3 Å². The Morgan fingerprint density at radius 2 is 1.60 bits per heavy atom. The molecule has 7 heteroatoms. The maximum absolute atomic E-state index is 13.6. The van der Waals surface area contributed by atoms with Gasteiger partial charge in [0.05, 0.1) is 0 Å². The average molecular weight is 479 g/mol. The molecule has 1 aliphatic rings. The standard InChI is InChI=1S/C28H34N2O5/c1-21(2)17-25-27(34-18-22-11-5-3-6-12-22)29-24(20-33-26-15-9-10-16-32-26)28(30(25)31)35-19-23-13-7-4-8-14-23/h3-8,11-14,21,26H,9-10,15-20H2,1-2H3. The summed E-state index contributed by atoms with van der Waals surface area (Å²) in [5.74, 6) is 0.691. The van der Waals surface area contributed by atoms with Crippen LogP contribution < -0.4 is 14.2 Å². The summed E-state index contributed by atoms with van der Waals surface area (Å²) < 4.78 is 24.6. The Bertz CT molecular complexity index is 1050. The smallest absolute Gasteiger partial charge is 0.405 e. The summed E-state index contributed by atoms with van der Waals surface area (Å²) in [5.41, 5.74) is 2.82. The second-order valence-corrected chi connectivity index (χ2v) is 9.16. The first-order valence-corrected chi connectivity index (χ1v) is 12.3. The molecule has 1 fully saturated rings. The fourth-order valence-electron chi connectivity index (χ4n) is 3.94. The van der Waals surface area contributed by atoms with Crippen LogP contribution in [-0.4, -0.2) is 17.9 Å². The highest BCUT2D eigenvalue weighted by Gasteiger charge is 2.29. The van der Waals surface area contributed by atoms with Crippen molar-refractivity contribution in [1.29, 1.82) is 0 Å². The first kappa shape index (κ1) is 24.9. The van der Waals surface area contributed by atoms with Crippen LogP contribution in [0.25, 0.3) is 0 Å². The van der Waals surface area contributed by atoms with Gasteiger partial charge in [-0.15, -0.1) is 4.73 Å². The number of hydrogen-bond acceptors (Lipinski definition) is 6. The molecule has 35 heavy (non-hydrogen) atoms. The van der Waals surface area contributed by atoms with Crippen LogP contribution >= 0.6 is 0 Å². The Labute approximate surface area is 207 Å². The summed E-state index contributed by atoms with van der Waals surface area (Å²) in [6.07, 6.45) is 3.10. The Hall–Kier alpha value is -3.16. The van der Waals surface area contributed by atoms with E-state index in [4.69, 9.17) is 23.9 Å². The minimum Gasteiger partial charge on any atom is -0.616 e. The summed E-state index contributed by atoms with van der Waals surface area (Å²) in [5, 5.41) is 13.6. The maximum atomic E-state index is 13.6. The molecule has 0 amide bonds. The van der Waals surface area contributed by atoms with Crippen LogP contribution in [0.1, 0.15) is 55.6 Å². The van der Waals surface area contributed by atoms with E-state index in [9.17, 15) is 5.21 Å². The number of nitrogens with zero attached hydrogens (tertiary/aromatic N) is 2. The maximum Gasteiger partial charge on any atom is 0.405 e. The van der Waals surface area contributed by atoms with E-state index in [1.165, 1.54) is 0 Å². The molecule has 7 nitrogen and oxygen atoms in total. The van der Waals surface area contributed by atoms with Gasteiger partial charge in [0, 0.05) is 13.0 Å². The van der Waals surface area contributed by atoms with Crippen molar-refractivity contribution in [3.8, 4) is 11.8 Å². The topological polar surface area (TPSA) is 76.8 Å². The highest BCUT2D eigenvalue weighted by Crippen LogP contribution is 2.26. The molecule has 0 N–H and O–H groups in total. The molecule has 1 aliphatic heterocycles. The fraction of sp³-hybridized carbons (Fsp3) is 0.429. The molecular weight excluding hydrogens is 444 g/mol. The van der Waals surface area contributed by atoms with Crippen molar-refractivity contribution in [2.75, 3.05) is 6.61 Å². The Kier molecular flexibility index (Phi) is 8.92. The van der Waals surface area contributed by atoms with E-state index in [0.29, 0.717) is 36.9 Å². The second kappa shape index (κ2) is 12.5. The van der Waals surface area contributed by atoms with Gasteiger partial charge in [0.15, 0.2) is 12.0 Å². The number of hydrogen-bond donors (Lipinski definition) is 0. The van der Waals surface area contributed by atoms with E-state index < -0.39 is 0 Å². The monoisotopic (exact) mass is 478 g/mol. The molecule has 4 rings (SSSR count). The summed E-state index contributed by atoms with van der Waals surface area (Å²) in [6.45, 7) is 5.46. The number of aromatic nitrogens is 2. The lowest BCUT2D eigenvalue weighted by atomic mass is 10.1. The molecule has 1 saturated heterocycles. The Morgan fingerprint density at radius 3 is 2.20 bits per heavy atom. The first-order chi connectivity index (χ1) is 17.1. The SMILES string of the molecule is CC(C)Cc1c(OCc2ccccc2)nc(COC2CCCCO2)c(OCc2ccccc2)[n+]1[O-]. The van der Waals surface area contributed by atoms with Gasteiger partial charge < -0.3 is 24.2 Å². The molecule has 2 heterocycles. The van der Waals surface area contributed by atoms with E-state index in [2.05, 4.69) is 13.8 Å². The summed E-state index contributed by atoms with van der Waals surface area (Å²) in [7, 11) is 0. The van der Waals surface area contributed by atoms with Gasteiger partial charge in [-0.2, -0.15) is 4.98 Å². The molecule has 3 aromatic rings. The van der Waals surface area contributed by atoms with Crippen molar-refractivity contribution >= 4 is 0 Å². The van der Waals surface area contributed by atoms with Crippen LogP contribution in [-0.2, 0) is 35.7 Å². The van der Waals surface area contributed by atoms with Crippen molar-refractivity contribution < 1.29 is 23.7 Å². The fourth-order valence-corrected chi connectivity index (χ4v) is 3.94.